The summed E-state index contributed by atoms with van der Waals surface area (Å²) in [6.45, 7) is 4.04. The first-order valence-corrected chi connectivity index (χ1v) is 9.18. The minimum absolute atomic E-state index is 0.0264. The number of carbonyl (C=O) groups is 1. The normalized spacial score (nSPS) is 10.8. The molecule has 8 heteroatoms. The van der Waals surface area contributed by atoms with E-state index in [1.807, 2.05) is 6.26 Å². The topological polar surface area (TPSA) is 74.2 Å². The zero-order valence-electron chi connectivity index (χ0n) is 11.9. The first-order valence-electron chi connectivity index (χ1n) is 6.45. The van der Waals surface area contributed by atoms with Crippen LogP contribution in [0.25, 0.3) is 0 Å². The van der Waals surface area contributed by atoms with Gasteiger partial charge in [0.2, 0.25) is 0 Å². The van der Waals surface area contributed by atoms with Gasteiger partial charge in [-0.15, -0.1) is 0 Å². The molecular weight excluding hydrogens is 304 g/mol. The van der Waals surface area contributed by atoms with E-state index in [9.17, 15) is 4.79 Å². The summed E-state index contributed by atoms with van der Waals surface area (Å²) >= 11 is 0. The van der Waals surface area contributed by atoms with Crippen LogP contribution in [0.4, 0.5) is 0 Å². The summed E-state index contributed by atoms with van der Waals surface area (Å²) in [5.74, 6) is 0.139. The molecule has 0 aromatic carbocycles. The molecule has 0 rings (SSSR count). The lowest BCUT2D eigenvalue weighted by atomic mass is 10.5. The van der Waals surface area contributed by atoms with Crippen molar-refractivity contribution in [2.75, 3.05) is 64.9 Å². The molecule has 0 aromatic rings. The summed E-state index contributed by atoms with van der Waals surface area (Å²) in [5, 5.41) is 8.38. The third-order valence-electron chi connectivity index (χ3n) is 2.01. The first-order chi connectivity index (χ1) is 9.77. The average Bonchev–Trinajstić information content (AvgIpc) is 2.43. The Bertz CT molecular complexity index is 218. The Hall–Kier alpha value is 0.01000. The Morgan fingerprint density at radius 3 is 1.75 bits per heavy atom. The van der Waals surface area contributed by atoms with Gasteiger partial charge in [-0.25, -0.2) is 0 Å². The van der Waals surface area contributed by atoms with Gasteiger partial charge in [0.05, 0.1) is 59.3 Å². The highest BCUT2D eigenvalue weighted by Gasteiger charge is 1.96. The molecule has 0 saturated heterocycles. The number of rotatable bonds is 16. The number of carboxylic acids is 1. The number of ether oxygens (including phenoxy) is 4. The highest BCUT2D eigenvalue weighted by Crippen LogP contribution is 2.15. The Morgan fingerprint density at radius 2 is 1.30 bits per heavy atom. The van der Waals surface area contributed by atoms with Crippen LogP contribution in [0.15, 0.2) is 0 Å². The van der Waals surface area contributed by atoms with Gasteiger partial charge in [0, 0.05) is 5.75 Å². The predicted octanol–water partition coefficient (Wildman–Crippen LogP) is 1.54. The van der Waals surface area contributed by atoms with E-state index in [0.717, 1.165) is 12.4 Å². The van der Waals surface area contributed by atoms with E-state index in [2.05, 4.69) is 0 Å². The largest absolute Gasteiger partial charge is 0.481 e. The van der Waals surface area contributed by atoms with Crippen LogP contribution in [0.1, 0.15) is 6.42 Å². The summed E-state index contributed by atoms with van der Waals surface area (Å²) in [4.78, 5) is 10.2. The number of hydrogen-bond acceptors (Lipinski definition) is 7. The van der Waals surface area contributed by atoms with E-state index in [1.54, 1.807) is 21.6 Å². The molecule has 0 aliphatic rings. The van der Waals surface area contributed by atoms with Gasteiger partial charge in [-0.05, 0) is 6.26 Å². The van der Waals surface area contributed by atoms with Gasteiger partial charge < -0.3 is 24.1 Å². The van der Waals surface area contributed by atoms with Crippen LogP contribution in [0.5, 0.6) is 0 Å². The van der Waals surface area contributed by atoms with Crippen LogP contribution in [0, 0.1) is 0 Å². The molecule has 0 aliphatic heterocycles. The third kappa shape index (κ3) is 18.0. The van der Waals surface area contributed by atoms with Gasteiger partial charge in [-0.3, -0.25) is 4.79 Å². The Balaban J connectivity index is 2.94. The molecule has 0 heterocycles. The molecule has 120 valence electrons. The van der Waals surface area contributed by atoms with Crippen molar-refractivity contribution in [3.8, 4) is 0 Å². The van der Waals surface area contributed by atoms with Crippen molar-refractivity contribution in [2.24, 2.45) is 0 Å². The van der Waals surface area contributed by atoms with Crippen LogP contribution >= 0.6 is 21.6 Å². The van der Waals surface area contributed by atoms with Gasteiger partial charge in [-0.2, -0.15) is 0 Å². The summed E-state index contributed by atoms with van der Waals surface area (Å²) in [6, 6.07) is 0. The second-order valence-corrected chi connectivity index (χ2v) is 6.27. The molecule has 0 saturated carbocycles. The Labute approximate surface area is 128 Å². The van der Waals surface area contributed by atoms with E-state index in [0.29, 0.717) is 39.6 Å². The predicted molar refractivity (Wildman–Crippen MR) is 81.5 cm³/mol. The SMILES string of the molecule is CSSCCOCCOCCOCCOCCC(=O)O. The second kappa shape index (κ2) is 17.1. The van der Waals surface area contributed by atoms with Crippen molar-refractivity contribution in [1.29, 1.82) is 0 Å². The fraction of sp³-hybridized carbons (Fsp3) is 0.917. The monoisotopic (exact) mass is 328 g/mol. The third-order valence-corrected chi connectivity index (χ3v) is 3.78. The summed E-state index contributed by atoms with van der Waals surface area (Å²) in [6.07, 6.45) is 2.07. The van der Waals surface area contributed by atoms with Gasteiger partial charge in [0.15, 0.2) is 0 Å². The molecule has 0 atom stereocenters. The van der Waals surface area contributed by atoms with E-state index >= 15 is 0 Å². The van der Waals surface area contributed by atoms with Crippen molar-refractivity contribution in [3.63, 3.8) is 0 Å². The zero-order chi connectivity index (χ0) is 14.9. The molecule has 0 fully saturated rings. The fourth-order valence-electron chi connectivity index (χ4n) is 1.10. The minimum atomic E-state index is -0.853. The molecule has 0 aromatic heterocycles. The highest BCUT2D eigenvalue weighted by molar-refractivity contribution is 8.76. The quantitative estimate of drug-likeness (QED) is 0.338. The maximum atomic E-state index is 10.2. The summed E-state index contributed by atoms with van der Waals surface area (Å²) in [5.41, 5.74) is 0. The van der Waals surface area contributed by atoms with Crippen LogP contribution in [0.2, 0.25) is 0 Å². The fourth-order valence-corrected chi connectivity index (χ4v) is 2.15. The van der Waals surface area contributed by atoms with Crippen molar-refractivity contribution in [3.05, 3.63) is 0 Å². The maximum Gasteiger partial charge on any atom is 0.305 e. The highest BCUT2D eigenvalue weighted by atomic mass is 33.1. The van der Waals surface area contributed by atoms with Crippen molar-refractivity contribution in [2.45, 2.75) is 6.42 Å². The zero-order valence-corrected chi connectivity index (χ0v) is 13.5. The molecule has 0 radical (unpaired) electrons. The molecule has 0 bridgehead atoms. The molecule has 1 N–H and O–H groups in total. The van der Waals surface area contributed by atoms with Gasteiger partial charge >= 0.3 is 5.97 Å². The molecule has 6 nitrogen and oxygen atoms in total. The van der Waals surface area contributed by atoms with Crippen molar-refractivity contribution in [1.82, 2.24) is 0 Å². The molecular formula is C12H24O6S2. The second-order valence-electron chi connectivity index (χ2n) is 3.58. The van der Waals surface area contributed by atoms with Gasteiger partial charge in [-0.1, -0.05) is 21.6 Å². The van der Waals surface area contributed by atoms with Crippen LogP contribution < -0.4 is 0 Å². The van der Waals surface area contributed by atoms with E-state index in [4.69, 9.17) is 24.1 Å². The van der Waals surface area contributed by atoms with Crippen LogP contribution in [-0.2, 0) is 23.7 Å². The maximum absolute atomic E-state index is 10.2. The van der Waals surface area contributed by atoms with Crippen LogP contribution in [-0.4, -0.2) is 75.9 Å². The number of carboxylic acid groups (broad SMARTS) is 1. The Kier molecular flexibility index (Phi) is 17.1. The number of hydrogen-bond donors (Lipinski definition) is 1. The van der Waals surface area contributed by atoms with Crippen molar-refractivity contribution >= 4 is 27.6 Å². The van der Waals surface area contributed by atoms with Gasteiger partial charge in [0.25, 0.3) is 0 Å². The van der Waals surface area contributed by atoms with Gasteiger partial charge in [0.1, 0.15) is 0 Å². The molecule has 0 amide bonds. The minimum Gasteiger partial charge on any atom is -0.481 e. The summed E-state index contributed by atoms with van der Waals surface area (Å²) in [7, 11) is 3.52. The number of aliphatic carboxylic acids is 1. The Morgan fingerprint density at radius 1 is 0.850 bits per heavy atom. The molecule has 0 unspecified atom stereocenters. The standard InChI is InChI=1S/C12H24O6S2/c1-19-20-11-10-18-9-8-17-7-6-16-5-4-15-3-2-12(13)14/h2-11H2,1H3,(H,13,14). The lowest BCUT2D eigenvalue weighted by Crippen LogP contribution is -2.13. The van der Waals surface area contributed by atoms with E-state index in [1.165, 1.54) is 0 Å². The molecule has 20 heavy (non-hydrogen) atoms. The van der Waals surface area contributed by atoms with E-state index < -0.39 is 5.97 Å². The van der Waals surface area contributed by atoms with E-state index in [-0.39, 0.29) is 13.0 Å². The lowest BCUT2D eigenvalue weighted by molar-refractivity contribution is -0.138. The molecule has 0 spiro atoms. The first kappa shape index (κ1) is 20.0. The van der Waals surface area contributed by atoms with Crippen LogP contribution in [0.3, 0.4) is 0 Å². The molecule has 0 aliphatic carbocycles. The van der Waals surface area contributed by atoms with Crippen molar-refractivity contribution < 1.29 is 28.8 Å². The lowest BCUT2D eigenvalue weighted by Gasteiger charge is -2.07. The summed E-state index contributed by atoms with van der Waals surface area (Å²) < 4.78 is 21.0. The smallest absolute Gasteiger partial charge is 0.305 e. The average molecular weight is 328 g/mol.